The molecule has 1 fully saturated rings. The number of methoxy groups -OCH3 is 1. The Balaban J connectivity index is 1.80. The summed E-state index contributed by atoms with van der Waals surface area (Å²) in [7, 11) is 1.62. The van der Waals surface area contributed by atoms with Gasteiger partial charge in [-0.1, -0.05) is 54.2 Å². The minimum Gasteiger partial charge on any atom is -0.487 e. The molecule has 1 amide bonds. The van der Waals surface area contributed by atoms with Crippen molar-refractivity contribution in [2.24, 2.45) is 0 Å². The molecule has 3 rings (SSSR count). The summed E-state index contributed by atoms with van der Waals surface area (Å²) in [5.74, 6) is 0.515. The first-order chi connectivity index (χ1) is 13.5. The first kappa shape index (κ1) is 21.0. The molecule has 1 atom stereocenters. The summed E-state index contributed by atoms with van der Waals surface area (Å²) in [6.45, 7) is 2.37. The molecule has 0 aromatic heterocycles. The number of anilines is 1. The van der Waals surface area contributed by atoms with Gasteiger partial charge in [0, 0.05) is 17.8 Å². The topological polar surface area (TPSA) is 47.6 Å². The van der Waals surface area contributed by atoms with Gasteiger partial charge < -0.3 is 14.8 Å². The molecular formula is C22H25Cl2NO3. The van der Waals surface area contributed by atoms with Crippen molar-refractivity contribution in [3.8, 4) is 5.75 Å². The zero-order chi connectivity index (χ0) is 20.1. The summed E-state index contributed by atoms with van der Waals surface area (Å²) in [4.78, 5) is 13.3. The molecule has 0 bridgehead atoms. The molecule has 28 heavy (non-hydrogen) atoms. The van der Waals surface area contributed by atoms with Crippen molar-refractivity contribution in [1.29, 1.82) is 0 Å². The Bertz CT molecular complexity index is 834. The fourth-order valence-corrected chi connectivity index (χ4v) is 4.40. The monoisotopic (exact) mass is 421 g/mol. The van der Waals surface area contributed by atoms with Crippen LogP contribution >= 0.6 is 23.2 Å². The molecule has 6 heteroatoms. The maximum Gasteiger partial charge on any atom is 0.235 e. The molecule has 1 saturated carbocycles. The minimum absolute atomic E-state index is 0.0458. The van der Waals surface area contributed by atoms with Gasteiger partial charge in [-0.05, 0) is 49.6 Å². The van der Waals surface area contributed by atoms with E-state index in [4.69, 9.17) is 32.7 Å². The molecule has 1 unspecified atom stereocenters. The Morgan fingerprint density at radius 2 is 1.86 bits per heavy atom. The molecular weight excluding hydrogens is 397 g/mol. The van der Waals surface area contributed by atoms with Gasteiger partial charge in [-0.25, -0.2) is 0 Å². The van der Waals surface area contributed by atoms with Crippen LogP contribution in [0.1, 0.15) is 38.2 Å². The van der Waals surface area contributed by atoms with Gasteiger partial charge >= 0.3 is 0 Å². The van der Waals surface area contributed by atoms with E-state index in [2.05, 4.69) is 5.32 Å². The first-order valence-corrected chi connectivity index (χ1v) is 10.2. The lowest BCUT2D eigenvalue weighted by molar-refractivity contribution is -0.121. The van der Waals surface area contributed by atoms with E-state index in [1.165, 1.54) is 0 Å². The number of ether oxygens (including phenoxy) is 2. The van der Waals surface area contributed by atoms with Crippen LogP contribution in [0.5, 0.6) is 5.75 Å². The van der Waals surface area contributed by atoms with E-state index in [9.17, 15) is 4.79 Å². The van der Waals surface area contributed by atoms with E-state index in [0.29, 0.717) is 28.1 Å². The number of halogens is 2. The van der Waals surface area contributed by atoms with E-state index in [0.717, 1.165) is 31.2 Å². The van der Waals surface area contributed by atoms with Crippen LogP contribution in [-0.4, -0.2) is 25.7 Å². The van der Waals surface area contributed by atoms with Crippen molar-refractivity contribution in [1.82, 2.24) is 0 Å². The van der Waals surface area contributed by atoms with Gasteiger partial charge in [-0.3, -0.25) is 4.79 Å². The molecule has 0 spiro atoms. The van der Waals surface area contributed by atoms with Crippen molar-refractivity contribution in [2.75, 3.05) is 19.0 Å². The number of rotatable bonds is 7. The number of hydrogen-bond donors (Lipinski definition) is 1. The Hall–Kier alpha value is -1.75. The highest BCUT2D eigenvalue weighted by Crippen LogP contribution is 2.44. The smallest absolute Gasteiger partial charge is 0.235 e. The highest BCUT2D eigenvalue weighted by molar-refractivity contribution is 6.32. The highest BCUT2D eigenvalue weighted by Gasteiger charge is 2.43. The standard InChI is InChI=1S/C22H25Cl2NO3/c1-15(14-27-2)28-20-10-9-16(13-19(20)24)25-21(26)22(11-5-6-12-22)17-7-3-4-8-18(17)23/h3-4,7-10,13,15H,5-6,11-12,14H2,1-2H3,(H,25,26). The zero-order valence-corrected chi connectivity index (χ0v) is 17.6. The van der Waals surface area contributed by atoms with Crippen LogP contribution in [0.3, 0.4) is 0 Å². The fraction of sp³-hybridized carbons (Fsp3) is 0.409. The summed E-state index contributed by atoms with van der Waals surface area (Å²) in [5.41, 5.74) is 0.929. The van der Waals surface area contributed by atoms with Crippen LogP contribution in [0.4, 0.5) is 5.69 Å². The lowest BCUT2D eigenvalue weighted by Crippen LogP contribution is -2.38. The number of carbonyl (C=O) groups excluding carboxylic acids is 1. The van der Waals surface area contributed by atoms with Crippen LogP contribution in [0.2, 0.25) is 10.0 Å². The predicted octanol–water partition coefficient (Wildman–Crippen LogP) is 5.86. The Morgan fingerprint density at radius 1 is 1.14 bits per heavy atom. The van der Waals surface area contributed by atoms with E-state index in [1.807, 2.05) is 31.2 Å². The summed E-state index contributed by atoms with van der Waals surface area (Å²) < 4.78 is 10.8. The third-order valence-corrected chi connectivity index (χ3v) is 5.83. The SMILES string of the molecule is COCC(C)Oc1ccc(NC(=O)C2(c3ccccc3Cl)CCCC2)cc1Cl. The van der Waals surface area contributed by atoms with Gasteiger partial charge in [0.1, 0.15) is 11.9 Å². The van der Waals surface area contributed by atoms with Gasteiger partial charge in [0.05, 0.1) is 17.0 Å². The first-order valence-electron chi connectivity index (χ1n) is 9.48. The van der Waals surface area contributed by atoms with Gasteiger partial charge in [-0.2, -0.15) is 0 Å². The minimum atomic E-state index is -0.604. The average Bonchev–Trinajstić information content (AvgIpc) is 3.15. The number of carbonyl (C=O) groups is 1. The molecule has 0 heterocycles. The number of amides is 1. The molecule has 1 N–H and O–H groups in total. The summed E-state index contributed by atoms with van der Waals surface area (Å²) in [6.07, 6.45) is 3.45. The van der Waals surface area contributed by atoms with Crippen molar-refractivity contribution in [3.05, 3.63) is 58.1 Å². The molecule has 1 aliphatic carbocycles. The normalized spacial score (nSPS) is 16.6. The molecule has 150 valence electrons. The van der Waals surface area contributed by atoms with E-state index < -0.39 is 5.41 Å². The van der Waals surface area contributed by atoms with Crippen molar-refractivity contribution >= 4 is 34.8 Å². The highest BCUT2D eigenvalue weighted by atomic mass is 35.5. The largest absolute Gasteiger partial charge is 0.487 e. The lowest BCUT2D eigenvalue weighted by Gasteiger charge is -2.29. The van der Waals surface area contributed by atoms with Crippen LogP contribution in [0.25, 0.3) is 0 Å². The van der Waals surface area contributed by atoms with Gasteiger partial charge in [0.15, 0.2) is 0 Å². The Morgan fingerprint density at radius 3 is 2.50 bits per heavy atom. The summed E-state index contributed by atoms with van der Waals surface area (Å²) in [6, 6.07) is 12.9. The average molecular weight is 422 g/mol. The number of nitrogens with one attached hydrogen (secondary N) is 1. The quantitative estimate of drug-likeness (QED) is 0.608. The molecule has 0 aliphatic heterocycles. The van der Waals surface area contributed by atoms with Crippen molar-refractivity contribution in [2.45, 2.75) is 44.1 Å². The van der Waals surface area contributed by atoms with Crippen LogP contribution < -0.4 is 10.1 Å². The number of benzene rings is 2. The Labute approximate surface area is 176 Å². The summed E-state index contributed by atoms with van der Waals surface area (Å²) in [5, 5.41) is 4.11. The van der Waals surface area contributed by atoms with Crippen molar-refractivity contribution < 1.29 is 14.3 Å². The van der Waals surface area contributed by atoms with E-state index in [1.54, 1.807) is 25.3 Å². The third kappa shape index (κ3) is 4.45. The Kier molecular flexibility index (Phi) is 6.86. The zero-order valence-electron chi connectivity index (χ0n) is 16.1. The van der Waals surface area contributed by atoms with Crippen molar-refractivity contribution in [3.63, 3.8) is 0 Å². The van der Waals surface area contributed by atoms with Gasteiger partial charge in [0.25, 0.3) is 0 Å². The fourth-order valence-electron chi connectivity index (χ4n) is 3.86. The molecule has 0 saturated heterocycles. The van der Waals surface area contributed by atoms with E-state index in [-0.39, 0.29) is 12.0 Å². The maximum absolute atomic E-state index is 13.3. The second kappa shape index (κ2) is 9.17. The molecule has 2 aromatic carbocycles. The maximum atomic E-state index is 13.3. The molecule has 2 aromatic rings. The van der Waals surface area contributed by atoms with Gasteiger partial charge in [0.2, 0.25) is 5.91 Å². The summed E-state index contributed by atoms with van der Waals surface area (Å²) >= 11 is 12.8. The van der Waals surface area contributed by atoms with Crippen LogP contribution in [0, 0.1) is 0 Å². The van der Waals surface area contributed by atoms with Crippen LogP contribution in [-0.2, 0) is 14.9 Å². The molecule has 1 aliphatic rings. The lowest BCUT2D eigenvalue weighted by atomic mass is 9.78. The number of hydrogen-bond acceptors (Lipinski definition) is 3. The van der Waals surface area contributed by atoms with Gasteiger partial charge in [-0.15, -0.1) is 0 Å². The molecule has 0 radical (unpaired) electrons. The van der Waals surface area contributed by atoms with Crippen LogP contribution in [0.15, 0.2) is 42.5 Å². The second-order valence-corrected chi connectivity index (χ2v) is 8.07. The third-order valence-electron chi connectivity index (χ3n) is 5.20. The molecule has 4 nitrogen and oxygen atoms in total. The predicted molar refractivity (Wildman–Crippen MR) is 114 cm³/mol. The van der Waals surface area contributed by atoms with E-state index >= 15 is 0 Å². The second-order valence-electron chi connectivity index (χ2n) is 7.25.